The number of ketones is 1. The van der Waals surface area contributed by atoms with Crippen molar-refractivity contribution < 1.29 is 33.3 Å². The topological polar surface area (TPSA) is 80.3 Å². The Bertz CT molecular complexity index is 1250. The normalized spacial score (nSPS) is 13.3. The molecule has 1 heterocycles. The van der Waals surface area contributed by atoms with E-state index in [0.717, 1.165) is 5.56 Å². The lowest BCUT2D eigenvalue weighted by atomic mass is 10.1. The van der Waals surface area contributed by atoms with Crippen molar-refractivity contribution in [1.29, 1.82) is 0 Å². The quantitative estimate of drug-likeness (QED) is 0.354. The zero-order valence-corrected chi connectivity index (χ0v) is 19.1. The summed E-state index contributed by atoms with van der Waals surface area (Å²) in [4.78, 5) is 25.0. The van der Waals surface area contributed by atoms with Gasteiger partial charge in [0.1, 0.15) is 29.6 Å². The third-order valence-corrected chi connectivity index (χ3v) is 5.35. The summed E-state index contributed by atoms with van der Waals surface area (Å²) in [6, 6.07) is 18.0. The Kier molecular flexibility index (Phi) is 6.82. The SMILES string of the molecule is COc1ccc(/C=C2\Oc3c(ccc(OCC(=O)OCc4ccccc4)c3C)C2=O)c(OC)c1. The van der Waals surface area contributed by atoms with Crippen LogP contribution in [-0.4, -0.2) is 32.6 Å². The summed E-state index contributed by atoms with van der Waals surface area (Å²) in [5.74, 6) is 1.46. The van der Waals surface area contributed by atoms with Crippen LogP contribution in [0.2, 0.25) is 0 Å². The van der Waals surface area contributed by atoms with Gasteiger partial charge in [-0.3, -0.25) is 4.79 Å². The third-order valence-electron chi connectivity index (χ3n) is 5.35. The highest BCUT2D eigenvalue weighted by molar-refractivity contribution is 6.15. The predicted octanol–water partition coefficient (Wildman–Crippen LogP) is 4.75. The van der Waals surface area contributed by atoms with Gasteiger partial charge in [0, 0.05) is 17.2 Å². The van der Waals surface area contributed by atoms with E-state index in [-0.39, 0.29) is 24.8 Å². The largest absolute Gasteiger partial charge is 0.497 e. The van der Waals surface area contributed by atoms with Crippen LogP contribution in [0.3, 0.4) is 0 Å². The van der Waals surface area contributed by atoms with Gasteiger partial charge in [0.2, 0.25) is 5.78 Å². The minimum absolute atomic E-state index is 0.168. The summed E-state index contributed by atoms with van der Waals surface area (Å²) in [5, 5.41) is 0. The number of allylic oxidation sites excluding steroid dienone is 1. The number of Topliss-reactive ketones (excluding diaryl/α,β-unsaturated/α-hetero) is 1. The number of fused-ring (bicyclic) bond motifs is 1. The molecule has 0 amide bonds. The number of methoxy groups -OCH3 is 2. The summed E-state index contributed by atoms with van der Waals surface area (Å²) in [6.07, 6.45) is 1.63. The molecular weight excluding hydrogens is 436 g/mol. The van der Waals surface area contributed by atoms with Crippen LogP contribution >= 0.6 is 0 Å². The molecule has 7 heteroatoms. The van der Waals surface area contributed by atoms with Gasteiger partial charge in [-0.1, -0.05) is 30.3 Å². The number of carbonyl (C=O) groups excluding carboxylic acids is 2. The zero-order valence-electron chi connectivity index (χ0n) is 19.1. The van der Waals surface area contributed by atoms with Crippen molar-refractivity contribution >= 4 is 17.8 Å². The average Bonchev–Trinajstić information content (AvgIpc) is 3.19. The molecule has 0 radical (unpaired) electrons. The van der Waals surface area contributed by atoms with Gasteiger partial charge >= 0.3 is 5.97 Å². The Hall–Kier alpha value is -4.26. The number of carbonyl (C=O) groups is 2. The van der Waals surface area contributed by atoms with Crippen molar-refractivity contribution in [2.75, 3.05) is 20.8 Å². The molecule has 0 fully saturated rings. The smallest absolute Gasteiger partial charge is 0.344 e. The Balaban J connectivity index is 1.45. The molecule has 0 saturated carbocycles. The molecule has 3 aromatic carbocycles. The molecule has 0 aromatic heterocycles. The maximum atomic E-state index is 12.9. The number of hydrogen-bond donors (Lipinski definition) is 0. The first-order valence-corrected chi connectivity index (χ1v) is 10.6. The lowest BCUT2D eigenvalue weighted by Crippen LogP contribution is -2.15. The van der Waals surface area contributed by atoms with E-state index in [9.17, 15) is 9.59 Å². The van der Waals surface area contributed by atoms with Crippen molar-refractivity contribution in [3.63, 3.8) is 0 Å². The summed E-state index contributed by atoms with van der Waals surface area (Å²) in [7, 11) is 3.11. The van der Waals surface area contributed by atoms with E-state index < -0.39 is 5.97 Å². The first kappa shape index (κ1) is 22.9. The van der Waals surface area contributed by atoms with Crippen LogP contribution in [0.25, 0.3) is 6.08 Å². The summed E-state index contributed by atoms with van der Waals surface area (Å²) in [6.45, 7) is 1.69. The lowest BCUT2D eigenvalue weighted by molar-refractivity contribution is -0.147. The van der Waals surface area contributed by atoms with Gasteiger partial charge in [-0.25, -0.2) is 4.79 Å². The van der Waals surface area contributed by atoms with E-state index in [2.05, 4.69) is 0 Å². The average molecular weight is 460 g/mol. The molecule has 1 aliphatic rings. The van der Waals surface area contributed by atoms with Gasteiger partial charge in [-0.2, -0.15) is 0 Å². The fraction of sp³-hybridized carbons (Fsp3) is 0.185. The van der Waals surface area contributed by atoms with E-state index in [1.807, 2.05) is 30.3 Å². The zero-order chi connectivity index (χ0) is 24.1. The van der Waals surface area contributed by atoms with Crippen LogP contribution in [0, 0.1) is 6.92 Å². The van der Waals surface area contributed by atoms with Crippen molar-refractivity contribution in [3.8, 4) is 23.0 Å². The maximum absolute atomic E-state index is 12.9. The molecule has 34 heavy (non-hydrogen) atoms. The number of ether oxygens (including phenoxy) is 5. The Morgan fingerprint density at radius 1 is 0.971 bits per heavy atom. The third kappa shape index (κ3) is 4.88. The van der Waals surface area contributed by atoms with Gasteiger partial charge in [0.05, 0.1) is 19.8 Å². The van der Waals surface area contributed by atoms with Crippen LogP contribution in [0.5, 0.6) is 23.0 Å². The fourth-order valence-electron chi connectivity index (χ4n) is 3.52. The highest BCUT2D eigenvalue weighted by Crippen LogP contribution is 2.40. The molecule has 3 aromatic rings. The number of esters is 1. The van der Waals surface area contributed by atoms with Crippen molar-refractivity contribution in [2.24, 2.45) is 0 Å². The molecule has 0 N–H and O–H groups in total. The number of rotatable bonds is 8. The van der Waals surface area contributed by atoms with E-state index >= 15 is 0 Å². The number of benzene rings is 3. The van der Waals surface area contributed by atoms with Crippen LogP contribution in [0.4, 0.5) is 0 Å². The van der Waals surface area contributed by atoms with Gasteiger partial charge in [0.15, 0.2) is 12.4 Å². The van der Waals surface area contributed by atoms with Gasteiger partial charge in [-0.15, -0.1) is 0 Å². The van der Waals surface area contributed by atoms with Gasteiger partial charge in [-0.05, 0) is 42.8 Å². The minimum atomic E-state index is -0.493. The Labute approximate surface area is 197 Å². The molecule has 0 atom stereocenters. The molecule has 0 bridgehead atoms. The van der Waals surface area contributed by atoms with Crippen molar-refractivity contribution in [1.82, 2.24) is 0 Å². The minimum Gasteiger partial charge on any atom is -0.497 e. The van der Waals surface area contributed by atoms with E-state index in [0.29, 0.717) is 39.7 Å². The highest BCUT2D eigenvalue weighted by atomic mass is 16.6. The Morgan fingerprint density at radius 3 is 2.50 bits per heavy atom. The standard InChI is InChI=1S/C27H24O7/c1-17-22(32-16-25(28)33-15-18-7-5-4-6-8-18)12-11-21-26(29)24(34-27(17)21)13-19-9-10-20(30-2)14-23(19)31-3/h4-14H,15-16H2,1-3H3/b24-13-. The molecule has 4 rings (SSSR count). The van der Waals surface area contributed by atoms with Crippen LogP contribution in [0.15, 0.2) is 66.4 Å². The van der Waals surface area contributed by atoms with Gasteiger partial charge in [0.25, 0.3) is 0 Å². The van der Waals surface area contributed by atoms with E-state index in [4.69, 9.17) is 23.7 Å². The van der Waals surface area contributed by atoms with Crippen LogP contribution < -0.4 is 18.9 Å². The molecular formula is C27H24O7. The second-order valence-corrected chi connectivity index (χ2v) is 7.55. The lowest BCUT2D eigenvalue weighted by Gasteiger charge is -2.11. The van der Waals surface area contributed by atoms with Crippen LogP contribution in [-0.2, 0) is 16.1 Å². The monoisotopic (exact) mass is 460 g/mol. The predicted molar refractivity (Wildman–Crippen MR) is 125 cm³/mol. The molecule has 1 aliphatic heterocycles. The molecule has 0 spiro atoms. The van der Waals surface area contributed by atoms with E-state index in [1.54, 1.807) is 57.6 Å². The maximum Gasteiger partial charge on any atom is 0.344 e. The summed E-state index contributed by atoms with van der Waals surface area (Å²) < 4.78 is 27.4. The first-order chi connectivity index (χ1) is 16.5. The molecule has 0 unspecified atom stereocenters. The summed E-state index contributed by atoms with van der Waals surface area (Å²) in [5.41, 5.74) is 2.61. The second-order valence-electron chi connectivity index (χ2n) is 7.55. The molecule has 0 saturated heterocycles. The van der Waals surface area contributed by atoms with Gasteiger partial charge < -0.3 is 23.7 Å². The van der Waals surface area contributed by atoms with Crippen molar-refractivity contribution in [2.45, 2.75) is 13.5 Å². The van der Waals surface area contributed by atoms with Crippen molar-refractivity contribution in [3.05, 3.63) is 88.7 Å². The Morgan fingerprint density at radius 2 is 1.76 bits per heavy atom. The molecule has 174 valence electrons. The molecule has 0 aliphatic carbocycles. The van der Waals surface area contributed by atoms with E-state index in [1.165, 1.54) is 0 Å². The van der Waals surface area contributed by atoms with Crippen LogP contribution in [0.1, 0.15) is 27.0 Å². The number of hydrogen-bond acceptors (Lipinski definition) is 7. The molecule has 7 nitrogen and oxygen atoms in total. The summed E-state index contributed by atoms with van der Waals surface area (Å²) >= 11 is 0. The first-order valence-electron chi connectivity index (χ1n) is 10.6. The fourth-order valence-corrected chi connectivity index (χ4v) is 3.52. The second kappa shape index (κ2) is 10.1. The highest BCUT2D eigenvalue weighted by Gasteiger charge is 2.30.